The van der Waals surface area contributed by atoms with Crippen LogP contribution in [0.25, 0.3) is 0 Å². The fourth-order valence-corrected chi connectivity index (χ4v) is 4.40. The molecule has 2 fully saturated rings. The molecule has 0 spiro atoms. The van der Waals surface area contributed by atoms with E-state index in [2.05, 4.69) is 5.32 Å². The summed E-state index contributed by atoms with van der Waals surface area (Å²) >= 11 is 0. The predicted octanol–water partition coefficient (Wildman–Crippen LogP) is 4.57. The molecule has 5 nitrogen and oxygen atoms in total. The van der Waals surface area contributed by atoms with Crippen molar-refractivity contribution in [2.24, 2.45) is 5.92 Å². The highest BCUT2D eigenvalue weighted by Crippen LogP contribution is 2.40. The van der Waals surface area contributed by atoms with Crippen molar-refractivity contribution in [2.75, 3.05) is 0 Å². The number of fused-ring (bicyclic) bond motifs is 2. The van der Waals surface area contributed by atoms with Gasteiger partial charge in [0.1, 0.15) is 5.60 Å². The molecule has 0 aromatic heterocycles. The lowest BCUT2D eigenvalue weighted by atomic mass is 9.88. The highest BCUT2D eigenvalue weighted by atomic mass is 19.2. The van der Waals surface area contributed by atoms with Gasteiger partial charge in [-0.2, -0.15) is 0 Å². The van der Waals surface area contributed by atoms with Gasteiger partial charge < -0.3 is 15.0 Å². The summed E-state index contributed by atoms with van der Waals surface area (Å²) in [5.74, 6) is -10.9. The molecule has 2 saturated heterocycles. The van der Waals surface area contributed by atoms with Gasteiger partial charge in [-0.05, 0) is 52.4 Å². The van der Waals surface area contributed by atoms with E-state index in [0.717, 1.165) is 12.8 Å². The summed E-state index contributed by atoms with van der Waals surface area (Å²) in [5.41, 5.74) is -1.69. The zero-order chi connectivity index (χ0) is 23.1. The molecule has 1 aromatic rings. The fourth-order valence-electron chi connectivity index (χ4n) is 4.40. The Morgan fingerprint density at radius 1 is 0.935 bits per heavy atom. The number of rotatable bonds is 4. The van der Waals surface area contributed by atoms with E-state index in [9.17, 15) is 31.5 Å². The van der Waals surface area contributed by atoms with Gasteiger partial charge in [-0.15, -0.1) is 0 Å². The van der Waals surface area contributed by atoms with E-state index < -0.39 is 52.7 Å². The second kappa shape index (κ2) is 8.63. The van der Waals surface area contributed by atoms with Gasteiger partial charge in [0.05, 0.1) is 0 Å². The molecule has 0 saturated carbocycles. The monoisotopic (exact) mass is 448 g/mol. The topological polar surface area (TPSA) is 58.6 Å². The maximum atomic E-state index is 13.7. The van der Waals surface area contributed by atoms with Crippen molar-refractivity contribution in [1.29, 1.82) is 0 Å². The first-order chi connectivity index (χ1) is 14.4. The number of hydrogen-bond donors (Lipinski definition) is 1. The van der Waals surface area contributed by atoms with Crippen molar-refractivity contribution < 1.29 is 36.3 Å². The number of halogens is 5. The molecule has 2 atom stereocenters. The van der Waals surface area contributed by atoms with Gasteiger partial charge >= 0.3 is 6.09 Å². The summed E-state index contributed by atoms with van der Waals surface area (Å²) in [6.45, 7) is 4.55. The van der Waals surface area contributed by atoms with Gasteiger partial charge in [-0.1, -0.05) is 0 Å². The van der Waals surface area contributed by atoms with Gasteiger partial charge in [-0.3, -0.25) is 4.79 Å². The van der Waals surface area contributed by atoms with Crippen LogP contribution in [0.1, 0.15) is 58.4 Å². The minimum absolute atomic E-state index is 0.0323. The molecule has 2 unspecified atom stereocenters. The Balaban J connectivity index is 1.57. The van der Waals surface area contributed by atoms with Crippen LogP contribution in [0.2, 0.25) is 0 Å². The minimum Gasteiger partial charge on any atom is -0.444 e. The van der Waals surface area contributed by atoms with Crippen LogP contribution in [0, 0.1) is 35.0 Å². The lowest BCUT2D eigenvalue weighted by Gasteiger charge is -2.39. The van der Waals surface area contributed by atoms with E-state index in [-0.39, 0.29) is 30.5 Å². The van der Waals surface area contributed by atoms with Crippen molar-refractivity contribution >= 4 is 12.0 Å². The van der Waals surface area contributed by atoms with Crippen LogP contribution < -0.4 is 5.32 Å². The maximum absolute atomic E-state index is 13.7. The van der Waals surface area contributed by atoms with E-state index in [1.165, 1.54) is 0 Å². The van der Waals surface area contributed by atoms with Crippen LogP contribution in [-0.4, -0.2) is 34.6 Å². The molecular weight excluding hydrogens is 423 g/mol. The number of carbonyl (C=O) groups is 2. The Labute approximate surface area is 176 Å². The maximum Gasteiger partial charge on any atom is 0.410 e. The average molecular weight is 448 g/mol. The summed E-state index contributed by atoms with van der Waals surface area (Å²) in [6.07, 6.45) is 2.40. The first-order valence-corrected chi connectivity index (χ1v) is 10.2. The molecule has 31 heavy (non-hydrogen) atoms. The number of piperidine rings is 1. The van der Waals surface area contributed by atoms with Crippen LogP contribution in [-0.2, 0) is 16.1 Å². The second-order valence-electron chi connectivity index (χ2n) is 9.14. The second-order valence-corrected chi connectivity index (χ2v) is 9.14. The molecule has 2 bridgehead atoms. The molecule has 2 amide bonds. The third-order valence-corrected chi connectivity index (χ3v) is 5.67. The van der Waals surface area contributed by atoms with Crippen molar-refractivity contribution in [1.82, 2.24) is 10.2 Å². The molecule has 0 radical (unpaired) electrons. The first-order valence-electron chi connectivity index (χ1n) is 10.2. The van der Waals surface area contributed by atoms with E-state index in [0.29, 0.717) is 12.8 Å². The normalized spacial score (nSPS) is 23.1. The standard InChI is InChI=1S/C21H25F5N2O3/c1-21(2,3)31-20(30)28-11-4-5-12(28)7-10(6-11)8-14(29)27-9-13-15(22)17(24)19(26)18(25)16(13)23/h10-12H,4-9H2,1-3H3,(H,27,29). The summed E-state index contributed by atoms with van der Waals surface area (Å²) in [4.78, 5) is 26.5. The number of amides is 2. The highest BCUT2D eigenvalue weighted by Gasteiger charge is 2.45. The Bertz CT molecular complexity index is 844. The number of nitrogens with zero attached hydrogens (tertiary/aromatic N) is 1. The van der Waals surface area contributed by atoms with E-state index in [1.807, 2.05) is 0 Å². The van der Waals surface area contributed by atoms with Crippen molar-refractivity contribution in [3.05, 3.63) is 34.6 Å². The zero-order valence-corrected chi connectivity index (χ0v) is 17.5. The number of nitrogens with one attached hydrogen (secondary N) is 1. The molecule has 2 heterocycles. The minimum atomic E-state index is -2.24. The first kappa shape index (κ1) is 23.3. The molecule has 2 aliphatic heterocycles. The van der Waals surface area contributed by atoms with E-state index in [4.69, 9.17) is 4.74 Å². The van der Waals surface area contributed by atoms with Gasteiger partial charge in [0.2, 0.25) is 11.7 Å². The van der Waals surface area contributed by atoms with Crippen LogP contribution >= 0.6 is 0 Å². The van der Waals surface area contributed by atoms with E-state index >= 15 is 0 Å². The number of hydrogen-bond acceptors (Lipinski definition) is 3. The molecule has 2 aliphatic rings. The lowest BCUT2D eigenvalue weighted by molar-refractivity contribution is -0.122. The van der Waals surface area contributed by atoms with Gasteiger partial charge in [0.15, 0.2) is 23.3 Å². The van der Waals surface area contributed by atoms with Crippen molar-refractivity contribution in [3.63, 3.8) is 0 Å². The Kier molecular flexibility index (Phi) is 6.48. The molecule has 3 rings (SSSR count). The van der Waals surface area contributed by atoms with Gasteiger partial charge in [0.25, 0.3) is 0 Å². The van der Waals surface area contributed by atoms with Crippen LogP contribution in [0.5, 0.6) is 0 Å². The summed E-state index contributed by atoms with van der Waals surface area (Å²) in [5, 5.41) is 2.24. The molecule has 1 N–H and O–H groups in total. The Morgan fingerprint density at radius 2 is 1.42 bits per heavy atom. The van der Waals surface area contributed by atoms with Crippen LogP contribution in [0.3, 0.4) is 0 Å². The molecule has 172 valence electrons. The number of ether oxygens (including phenoxy) is 1. The van der Waals surface area contributed by atoms with Gasteiger partial charge in [0, 0.05) is 30.6 Å². The molecule has 10 heteroatoms. The Morgan fingerprint density at radius 3 is 1.90 bits per heavy atom. The lowest BCUT2D eigenvalue weighted by Crippen LogP contribution is -2.49. The van der Waals surface area contributed by atoms with Gasteiger partial charge in [-0.25, -0.2) is 26.7 Å². The SMILES string of the molecule is CC(C)(C)OC(=O)N1C2CCC1CC(CC(=O)NCc1c(F)c(F)c(F)c(F)c1F)C2. The molecular formula is C21H25F5N2O3. The summed E-state index contributed by atoms with van der Waals surface area (Å²) < 4.78 is 72.6. The predicted molar refractivity (Wildman–Crippen MR) is 100 cm³/mol. The zero-order valence-electron chi connectivity index (χ0n) is 17.5. The van der Waals surface area contributed by atoms with Crippen LogP contribution in [0.15, 0.2) is 0 Å². The molecule has 1 aromatic carbocycles. The van der Waals surface area contributed by atoms with Crippen molar-refractivity contribution in [2.45, 2.75) is 77.1 Å². The third-order valence-electron chi connectivity index (χ3n) is 5.67. The number of benzene rings is 1. The third kappa shape index (κ3) is 4.93. The number of carbonyl (C=O) groups excluding carboxylic acids is 2. The summed E-state index contributed by atoms with van der Waals surface area (Å²) in [7, 11) is 0. The van der Waals surface area contributed by atoms with Crippen molar-refractivity contribution in [3.8, 4) is 0 Å². The molecule has 0 aliphatic carbocycles. The van der Waals surface area contributed by atoms with E-state index in [1.54, 1.807) is 25.7 Å². The quantitative estimate of drug-likeness (QED) is 0.417. The summed E-state index contributed by atoms with van der Waals surface area (Å²) in [6, 6.07) is -0.108. The fraction of sp³-hybridized carbons (Fsp3) is 0.619. The Hall–Kier alpha value is -2.39. The highest BCUT2D eigenvalue weighted by molar-refractivity contribution is 5.76. The van der Waals surface area contributed by atoms with Crippen LogP contribution in [0.4, 0.5) is 26.7 Å². The smallest absolute Gasteiger partial charge is 0.410 e. The largest absolute Gasteiger partial charge is 0.444 e. The average Bonchev–Trinajstić information content (AvgIpc) is 2.94.